The molecule has 0 unspecified atom stereocenters. The van der Waals surface area contributed by atoms with Gasteiger partial charge >= 0.3 is 0 Å². The number of carbonyl (C=O) groups is 1. The van der Waals surface area contributed by atoms with E-state index in [-0.39, 0.29) is 23.4 Å². The zero-order valence-electron chi connectivity index (χ0n) is 15.9. The quantitative estimate of drug-likeness (QED) is 0.385. The van der Waals surface area contributed by atoms with Crippen molar-refractivity contribution in [2.24, 2.45) is 5.10 Å². The van der Waals surface area contributed by atoms with Crippen molar-refractivity contribution in [2.75, 3.05) is 7.11 Å². The molecule has 0 heterocycles. The highest BCUT2D eigenvalue weighted by Crippen LogP contribution is 2.36. The molecule has 0 aliphatic heterocycles. The van der Waals surface area contributed by atoms with Crippen LogP contribution in [0.25, 0.3) is 0 Å². The maximum Gasteiger partial charge on any atom is 0.271 e. The number of amides is 1. The molecule has 1 amide bonds. The number of hydrazone groups is 1. The first kappa shape index (κ1) is 21.6. The predicted octanol–water partition coefficient (Wildman–Crippen LogP) is 5.48. The van der Waals surface area contributed by atoms with E-state index in [0.29, 0.717) is 33.2 Å². The van der Waals surface area contributed by atoms with Crippen LogP contribution in [0.2, 0.25) is 10.0 Å². The Hall–Kier alpha value is -3.09. The molecule has 3 aromatic carbocycles. The molecular formula is C22H17Cl2FN2O3. The van der Waals surface area contributed by atoms with Gasteiger partial charge in [0.05, 0.1) is 18.3 Å². The van der Waals surface area contributed by atoms with Crippen LogP contribution in [0.1, 0.15) is 21.5 Å². The van der Waals surface area contributed by atoms with Crippen LogP contribution in [0.4, 0.5) is 4.39 Å². The van der Waals surface area contributed by atoms with Gasteiger partial charge in [0.1, 0.15) is 12.4 Å². The second-order valence-corrected chi connectivity index (χ2v) is 7.00. The summed E-state index contributed by atoms with van der Waals surface area (Å²) in [4.78, 5) is 12.1. The fourth-order valence-corrected chi connectivity index (χ4v) is 2.97. The lowest BCUT2D eigenvalue weighted by Gasteiger charge is -2.13. The molecule has 5 nitrogen and oxygen atoms in total. The average molecular weight is 447 g/mol. The van der Waals surface area contributed by atoms with Crippen LogP contribution in [-0.2, 0) is 6.61 Å². The molecule has 0 aromatic heterocycles. The molecule has 0 radical (unpaired) electrons. The molecule has 0 aliphatic carbocycles. The monoisotopic (exact) mass is 446 g/mol. The predicted molar refractivity (Wildman–Crippen MR) is 115 cm³/mol. The zero-order valence-corrected chi connectivity index (χ0v) is 17.4. The molecule has 1 N–H and O–H groups in total. The second kappa shape index (κ2) is 10.1. The van der Waals surface area contributed by atoms with E-state index in [1.54, 1.807) is 48.5 Å². The van der Waals surface area contributed by atoms with Gasteiger partial charge in [-0.05, 0) is 59.7 Å². The third-order valence-corrected chi connectivity index (χ3v) is 4.54. The normalized spacial score (nSPS) is 10.8. The lowest BCUT2D eigenvalue weighted by atomic mass is 10.2. The Kier molecular flexibility index (Phi) is 7.27. The molecule has 0 saturated heterocycles. The van der Waals surface area contributed by atoms with Gasteiger partial charge in [-0.1, -0.05) is 35.3 Å². The molecule has 0 atom stereocenters. The summed E-state index contributed by atoms with van der Waals surface area (Å²) in [5, 5.41) is 4.76. The maximum absolute atomic E-state index is 13.3. The van der Waals surface area contributed by atoms with Crippen molar-refractivity contribution >= 4 is 35.3 Å². The van der Waals surface area contributed by atoms with Gasteiger partial charge in [0, 0.05) is 10.6 Å². The van der Waals surface area contributed by atoms with E-state index in [1.807, 2.05) is 0 Å². The molecule has 154 valence electrons. The Bertz CT molecular complexity index is 1070. The highest BCUT2D eigenvalue weighted by atomic mass is 35.5. The van der Waals surface area contributed by atoms with Gasteiger partial charge in [-0.25, -0.2) is 9.82 Å². The third-order valence-electron chi connectivity index (χ3n) is 4.01. The molecular weight excluding hydrogens is 430 g/mol. The summed E-state index contributed by atoms with van der Waals surface area (Å²) in [5.74, 6) is -0.0208. The summed E-state index contributed by atoms with van der Waals surface area (Å²) >= 11 is 12.1. The van der Waals surface area contributed by atoms with Crippen molar-refractivity contribution in [3.05, 3.63) is 93.2 Å². The number of hydrogen-bond acceptors (Lipinski definition) is 4. The van der Waals surface area contributed by atoms with Crippen LogP contribution >= 0.6 is 23.2 Å². The van der Waals surface area contributed by atoms with Gasteiger partial charge in [0.2, 0.25) is 0 Å². The summed E-state index contributed by atoms with van der Waals surface area (Å²) < 4.78 is 24.4. The van der Waals surface area contributed by atoms with Crippen LogP contribution < -0.4 is 14.9 Å². The third kappa shape index (κ3) is 5.72. The summed E-state index contributed by atoms with van der Waals surface area (Å²) in [6, 6.07) is 15.8. The first-order valence-corrected chi connectivity index (χ1v) is 9.55. The first-order chi connectivity index (χ1) is 14.5. The van der Waals surface area contributed by atoms with Crippen LogP contribution in [-0.4, -0.2) is 19.2 Å². The van der Waals surface area contributed by atoms with Crippen molar-refractivity contribution in [1.29, 1.82) is 0 Å². The minimum absolute atomic E-state index is 0.123. The Balaban J connectivity index is 1.69. The number of ether oxygens (including phenoxy) is 2. The summed E-state index contributed by atoms with van der Waals surface area (Å²) in [5.41, 5.74) is 4.10. The Labute approximate surface area is 183 Å². The standard InChI is InChI=1S/C22H17Cl2FN2O3/c1-29-20-11-15(12-26-27-22(28)16-5-7-17(23)8-6-16)10-19(24)21(20)30-13-14-3-2-4-18(25)9-14/h2-12H,13H2,1H3,(H,27,28)/b26-12-. The molecule has 3 rings (SSSR count). The number of halogens is 3. The summed E-state index contributed by atoms with van der Waals surface area (Å²) in [6.45, 7) is 0.123. The molecule has 3 aromatic rings. The van der Waals surface area contributed by atoms with E-state index in [2.05, 4.69) is 10.5 Å². The number of carbonyl (C=O) groups excluding carboxylic acids is 1. The maximum atomic E-state index is 13.3. The van der Waals surface area contributed by atoms with Crippen LogP contribution in [0.15, 0.2) is 65.8 Å². The smallest absolute Gasteiger partial charge is 0.271 e. The molecule has 0 fully saturated rings. The number of methoxy groups -OCH3 is 1. The minimum Gasteiger partial charge on any atom is -0.493 e. The molecule has 8 heteroatoms. The number of nitrogens with zero attached hydrogens (tertiary/aromatic N) is 1. The molecule has 0 spiro atoms. The topological polar surface area (TPSA) is 59.9 Å². The number of hydrogen-bond donors (Lipinski definition) is 1. The second-order valence-electron chi connectivity index (χ2n) is 6.16. The highest BCUT2D eigenvalue weighted by molar-refractivity contribution is 6.32. The molecule has 0 aliphatic rings. The fraction of sp³-hybridized carbons (Fsp3) is 0.0909. The Morgan fingerprint density at radius 1 is 1.13 bits per heavy atom. The number of benzene rings is 3. The molecule has 0 saturated carbocycles. The molecule has 30 heavy (non-hydrogen) atoms. The van der Waals surface area contributed by atoms with Gasteiger partial charge in [0.25, 0.3) is 5.91 Å². The Morgan fingerprint density at radius 2 is 1.90 bits per heavy atom. The largest absolute Gasteiger partial charge is 0.493 e. The number of rotatable bonds is 7. The van der Waals surface area contributed by atoms with Gasteiger partial charge in [-0.3, -0.25) is 4.79 Å². The fourth-order valence-electron chi connectivity index (χ4n) is 2.57. The van der Waals surface area contributed by atoms with Crippen LogP contribution in [0, 0.1) is 5.82 Å². The summed E-state index contributed by atoms with van der Waals surface area (Å²) in [6.07, 6.45) is 1.43. The lowest BCUT2D eigenvalue weighted by molar-refractivity contribution is 0.0955. The number of nitrogens with one attached hydrogen (secondary N) is 1. The van der Waals surface area contributed by atoms with E-state index in [9.17, 15) is 9.18 Å². The van der Waals surface area contributed by atoms with Crippen molar-refractivity contribution in [1.82, 2.24) is 5.43 Å². The van der Waals surface area contributed by atoms with Crippen LogP contribution in [0.3, 0.4) is 0 Å². The lowest BCUT2D eigenvalue weighted by Crippen LogP contribution is -2.17. The minimum atomic E-state index is -0.379. The van der Waals surface area contributed by atoms with E-state index in [4.69, 9.17) is 32.7 Å². The van der Waals surface area contributed by atoms with Crippen molar-refractivity contribution in [3.63, 3.8) is 0 Å². The Morgan fingerprint density at radius 3 is 2.60 bits per heavy atom. The van der Waals surface area contributed by atoms with Crippen LogP contribution in [0.5, 0.6) is 11.5 Å². The van der Waals surface area contributed by atoms with E-state index in [0.717, 1.165) is 0 Å². The highest BCUT2D eigenvalue weighted by Gasteiger charge is 2.12. The van der Waals surface area contributed by atoms with Crippen molar-refractivity contribution < 1.29 is 18.7 Å². The van der Waals surface area contributed by atoms with Gasteiger partial charge in [-0.15, -0.1) is 0 Å². The first-order valence-electron chi connectivity index (χ1n) is 8.80. The van der Waals surface area contributed by atoms with Crippen molar-refractivity contribution in [3.8, 4) is 11.5 Å². The van der Waals surface area contributed by atoms with Gasteiger partial charge in [-0.2, -0.15) is 5.10 Å². The zero-order chi connectivity index (χ0) is 21.5. The summed E-state index contributed by atoms with van der Waals surface area (Å²) in [7, 11) is 1.48. The SMILES string of the molecule is COc1cc(/C=N\NC(=O)c2ccc(Cl)cc2)cc(Cl)c1OCc1cccc(F)c1. The van der Waals surface area contributed by atoms with Gasteiger partial charge < -0.3 is 9.47 Å². The molecule has 0 bridgehead atoms. The van der Waals surface area contributed by atoms with E-state index >= 15 is 0 Å². The average Bonchev–Trinajstić information content (AvgIpc) is 2.73. The van der Waals surface area contributed by atoms with E-state index in [1.165, 1.54) is 25.5 Å². The van der Waals surface area contributed by atoms with Crippen molar-refractivity contribution in [2.45, 2.75) is 6.61 Å². The van der Waals surface area contributed by atoms with E-state index < -0.39 is 0 Å². The van der Waals surface area contributed by atoms with Gasteiger partial charge in [0.15, 0.2) is 11.5 Å².